The predicted molar refractivity (Wildman–Crippen MR) is 110 cm³/mol. The van der Waals surface area contributed by atoms with E-state index < -0.39 is 10.0 Å². The van der Waals surface area contributed by atoms with Crippen LogP contribution in [0.4, 0.5) is 15.8 Å². The summed E-state index contributed by atoms with van der Waals surface area (Å²) in [5, 5.41) is 0. The quantitative estimate of drug-likeness (QED) is 0.713. The Bertz CT molecular complexity index is 941. The lowest BCUT2D eigenvalue weighted by atomic mass is 10.2. The van der Waals surface area contributed by atoms with Crippen molar-refractivity contribution in [3.05, 3.63) is 54.3 Å². The molecule has 1 aliphatic rings. The molecule has 0 bridgehead atoms. The van der Waals surface area contributed by atoms with Crippen LogP contribution < -0.4 is 13.9 Å². The predicted octanol–water partition coefficient (Wildman–Crippen LogP) is 1.95. The number of benzene rings is 2. The molecule has 1 amide bonds. The van der Waals surface area contributed by atoms with E-state index in [1.807, 2.05) is 0 Å². The SMILES string of the molecule is COc1ccc(N(CC(=O)N2CCN(c3ccc(F)cc3)CC2)S(C)(=O)=O)cc1. The number of methoxy groups -OCH3 is 1. The Balaban J connectivity index is 1.65. The van der Waals surface area contributed by atoms with Crippen LogP contribution in [0, 0.1) is 5.82 Å². The Morgan fingerprint density at radius 3 is 2.14 bits per heavy atom. The summed E-state index contributed by atoms with van der Waals surface area (Å²) >= 11 is 0. The van der Waals surface area contributed by atoms with Crippen LogP contribution in [0.5, 0.6) is 5.75 Å². The summed E-state index contributed by atoms with van der Waals surface area (Å²) in [5.41, 5.74) is 1.31. The molecule has 1 fully saturated rings. The van der Waals surface area contributed by atoms with Gasteiger partial charge in [-0.1, -0.05) is 0 Å². The number of amides is 1. The van der Waals surface area contributed by atoms with E-state index in [2.05, 4.69) is 4.90 Å². The Labute approximate surface area is 170 Å². The normalized spacial score (nSPS) is 14.6. The molecule has 156 valence electrons. The fourth-order valence-electron chi connectivity index (χ4n) is 3.24. The molecule has 0 unspecified atom stereocenters. The molecule has 0 saturated carbocycles. The molecule has 7 nitrogen and oxygen atoms in total. The van der Waals surface area contributed by atoms with Crippen molar-refractivity contribution in [3.8, 4) is 5.75 Å². The second-order valence-electron chi connectivity index (χ2n) is 6.81. The molecule has 0 aliphatic carbocycles. The summed E-state index contributed by atoms with van der Waals surface area (Å²) in [7, 11) is -2.10. The average Bonchev–Trinajstić information content (AvgIpc) is 2.72. The molecule has 0 spiro atoms. The van der Waals surface area contributed by atoms with E-state index in [0.29, 0.717) is 37.6 Å². The van der Waals surface area contributed by atoms with E-state index in [0.717, 1.165) is 16.2 Å². The molecule has 0 N–H and O–H groups in total. The zero-order valence-corrected chi connectivity index (χ0v) is 17.2. The maximum atomic E-state index is 13.1. The molecular weight excluding hydrogens is 397 g/mol. The van der Waals surface area contributed by atoms with E-state index in [-0.39, 0.29) is 18.3 Å². The number of carbonyl (C=O) groups is 1. The summed E-state index contributed by atoms with van der Waals surface area (Å²) in [6.45, 7) is 1.87. The number of piperazine rings is 1. The van der Waals surface area contributed by atoms with E-state index >= 15 is 0 Å². The number of carbonyl (C=O) groups excluding carboxylic acids is 1. The van der Waals surface area contributed by atoms with Crippen molar-refractivity contribution in [2.75, 3.05) is 55.3 Å². The number of rotatable bonds is 6. The first-order chi connectivity index (χ1) is 13.8. The monoisotopic (exact) mass is 421 g/mol. The molecule has 1 aliphatic heterocycles. The average molecular weight is 421 g/mol. The number of anilines is 2. The Morgan fingerprint density at radius 1 is 1.03 bits per heavy atom. The highest BCUT2D eigenvalue weighted by Crippen LogP contribution is 2.22. The highest BCUT2D eigenvalue weighted by Gasteiger charge is 2.26. The molecule has 0 radical (unpaired) electrons. The van der Waals surface area contributed by atoms with E-state index in [1.165, 1.54) is 19.2 Å². The third kappa shape index (κ3) is 5.17. The fourth-order valence-corrected chi connectivity index (χ4v) is 4.09. The minimum atomic E-state index is -3.63. The van der Waals surface area contributed by atoms with Gasteiger partial charge in [0.2, 0.25) is 15.9 Å². The number of hydrogen-bond donors (Lipinski definition) is 0. The largest absolute Gasteiger partial charge is 0.497 e. The van der Waals surface area contributed by atoms with Gasteiger partial charge in [0.05, 0.1) is 19.1 Å². The molecular formula is C20H24FN3O4S. The van der Waals surface area contributed by atoms with Crippen molar-refractivity contribution in [3.63, 3.8) is 0 Å². The molecule has 2 aromatic rings. The minimum Gasteiger partial charge on any atom is -0.497 e. The van der Waals surface area contributed by atoms with Crippen molar-refractivity contribution in [2.24, 2.45) is 0 Å². The summed E-state index contributed by atoms with van der Waals surface area (Å²) in [6.07, 6.45) is 1.08. The number of nitrogens with zero attached hydrogens (tertiary/aromatic N) is 3. The van der Waals surface area contributed by atoms with Gasteiger partial charge in [-0.3, -0.25) is 9.10 Å². The Morgan fingerprint density at radius 2 is 1.62 bits per heavy atom. The van der Waals surface area contributed by atoms with Crippen LogP contribution in [-0.2, 0) is 14.8 Å². The van der Waals surface area contributed by atoms with Crippen LogP contribution in [-0.4, -0.2) is 65.3 Å². The van der Waals surface area contributed by atoms with Crippen molar-refractivity contribution in [1.82, 2.24) is 4.90 Å². The van der Waals surface area contributed by atoms with Gasteiger partial charge in [0, 0.05) is 31.9 Å². The lowest BCUT2D eigenvalue weighted by Gasteiger charge is -2.37. The second-order valence-corrected chi connectivity index (χ2v) is 8.72. The van der Waals surface area contributed by atoms with Crippen LogP contribution in [0.25, 0.3) is 0 Å². The first-order valence-corrected chi connectivity index (χ1v) is 11.0. The lowest BCUT2D eigenvalue weighted by molar-refractivity contribution is -0.129. The van der Waals surface area contributed by atoms with Crippen molar-refractivity contribution in [1.29, 1.82) is 0 Å². The van der Waals surface area contributed by atoms with Crippen molar-refractivity contribution in [2.45, 2.75) is 0 Å². The molecule has 0 atom stereocenters. The van der Waals surface area contributed by atoms with Crippen LogP contribution in [0.3, 0.4) is 0 Å². The molecule has 0 aromatic heterocycles. The molecule has 9 heteroatoms. The lowest BCUT2D eigenvalue weighted by Crippen LogP contribution is -2.52. The summed E-state index contributed by atoms with van der Waals surface area (Å²) < 4.78 is 43.8. The second kappa shape index (κ2) is 8.69. The first kappa shape index (κ1) is 20.9. The molecule has 29 heavy (non-hydrogen) atoms. The number of halogens is 1. The van der Waals surface area contributed by atoms with Crippen molar-refractivity contribution < 1.29 is 22.3 Å². The minimum absolute atomic E-state index is 0.259. The van der Waals surface area contributed by atoms with Crippen LogP contribution in [0.2, 0.25) is 0 Å². The van der Waals surface area contributed by atoms with Gasteiger partial charge >= 0.3 is 0 Å². The number of ether oxygens (including phenoxy) is 1. The van der Waals surface area contributed by atoms with E-state index in [9.17, 15) is 17.6 Å². The van der Waals surface area contributed by atoms with Gasteiger partial charge in [0.25, 0.3) is 0 Å². The zero-order chi connectivity index (χ0) is 21.0. The summed E-state index contributed by atoms with van der Waals surface area (Å²) in [4.78, 5) is 16.5. The zero-order valence-electron chi connectivity index (χ0n) is 16.4. The van der Waals surface area contributed by atoms with Gasteiger partial charge in [-0.15, -0.1) is 0 Å². The van der Waals surface area contributed by atoms with Gasteiger partial charge < -0.3 is 14.5 Å². The van der Waals surface area contributed by atoms with Crippen LogP contribution in [0.15, 0.2) is 48.5 Å². The Kier molecular flexibility index (Phi) is 6.26. The smallest absolute Gasteiger partial charge is 0.243 e. The van der Waals surface area contributed by atoms with Gasteiger partial charge in [-0.25, -0.2) is 12.8 Å². The van der Waals surface area contributed by atoms with Crippen LogP contribution in [0.1, 0.15) is 0 Å². The van der Waals surface area contributed by atoms with Gasteiger partial charge in [0.1, 0.15) is 18.1 Å². The van der Waals surface area contributed by atoms with Crippen LogP contribution >= 0.6 is 0 Å². The first-order valence-electron chi connectivity index (χ1n) is 9.18. The maximum absolute atomic E-state index is 13.1. The van der Waals surface area contributed by atoms with E-state index in [1.54, 1.807) is 41.3 Å². The van der Waals surface area contributed by atoms with Crippen molar-refractivity contribution >= 4 is 27.3 Å². The highest BCUT2D eigenvalue weighted by atomic mass is 32.2. The fraction of sp³-hybridized carbons (Fsp3) is 0.350. The molecule has 1 saturated heterocycles. The number of sulfonamides is 1. The number of hydrogen-bond acceptors (Lipinski definition) is 5. The highest BCUT2D eigenvalue weighted by molar-refractivity contribution is 7.92. The Hall–Kier alpha value is -2.81. The summed E-state index contributed by atoms with van der Waals surface area (Å²) in [6, 6.07) is 12.8. The van der Waals surface area contributed by atoms with E-state index in [4.69, 9.17) is 4.74 Å². The topological polar surface area (TPSA) is 70.2 Å². The summed E-state index contributed by atoms with van der Waals surface area (Å²) in [5.74, 6) is 0.0532. The van der Waals surface area contributed by atoms with Gasteiger partial charge in [0.15, 0.2) is 0 Å². The third-order valence-electron chi connectivity index (χ3n) is 4.86. The van der Waals surface area contributed by atoms with Gasteiger partial charge in [-0.2, -0.15) is 0 Å². The third-order valence-corrected chi connectivity index (χ3v) is 6.00. The van der Waals surface area contributed by atoms with Gasteiger partial charge in [-0.05, 0) is 48.5 Å². The molecule has 1 heterocycles. The molecule has 2 aromatic carbocycles. The standard InChI is InChI=1S/C20H24FN3O4S/c1-28-19-9-7-18(8-10-19)24(29(2,26)27)15-20(25)23-13-11-22(12-14-23)17-5-3-16(21)4-6-17/h3-10H,11-15H2,1-2H3. The molecule has 3 rings (SSSR count). The maximum Gasteiger partial charge on any atom is 0.243 e.